The van der Waals surface area contributed by atoms with E-state index in [-0.39, 0.29) is 11.9 Å². The van der Waals surface area contributed by atoms with Gasteiger partial charge in [0.15, 0.2) is 0 Å². The summed E-state index contributed by atoms with van der Waals surface area (Å²) in [5, 5.41) is 4.10. The molecule has 0 aliphatic rings. The van der Waals surface area contributed by atoms with E-state index in [4.69, 9.17) is 5.73 Å². The second-order valence-electron chi connectivity index (χ2n) is 5.16. The number of rotatable bonds is 5. The number of carbonyl (C=O) groups is 1. The van der Waals surface area contributed by atoms with Gasteiger partial charge in [-0.25, -0.2) is 0 Å². The molecule has 1 heterocycles. The first-order chi connectivity index (χ1) is 8.38. The summed E-state index contributed by atoms with van der Waals surface area (Å²) in [6.07, 6.45) is 2.51. The number of anilines is 1. The van der Waals surface area contributed by atoms with Crippen molar-refractivity contribution in [3.63, 3.8) is 0 Å². The smallest absolute Gasteiger partial charge is 0.274 e. The molecule has 1 amide bonds. The van der Waals surface area contributed by atoms with E-state index >= 15 is 0 Å². The highest BCUT2D eigenvalue weighted by Crippen LogP contribution is 2.17. The van der Waals surface area contributed by atoms with Crippen molar-refractivity contribution >= 4 is 11.6 Å². The number of nitrogens with zero attached hydrogens (tertiary/aromatic N) is 3. The van der Waals surface area contributed by atoms with E-state index < -0.39 is 0 Å². The number of nitrogen functional groups attached to an aromatic ring is 1. The van der Waals surface area contributed by atoms with E-state index in [0.29, 0.717) is 23.8 Å². The van der Waals surface area contributed by atoms with Gasteiger partial charge >= 0.3 is 0 Å². The Morgan fingerprint density at radius 2 is 2.11 bits per heavy atom. The highest BCUT2D eigenvalue weighted by molar-refractivity contribution is 5.97. The van der Waals surface area contributed by atoms with Crippen molar-refractivity contribution in [2.75, 3.05) is 12.8 Å². The molecule has 0 spiro atoms. The van der Waals surface area contributed by atoms with Crippen LogP contribution in [0.15, 0.2) is 6.20 Å². The molecule has 1 unspecified atom stereocenters. The Morgan fingerprint density at radius 3 is 2.61 bits per heavy atom. The largest absolute Gasteiger partial charge is 0.396 e. The lowest BCUT2D eigenvalue weighted by molar-refractivity contribution is 0.0717. The molecule has 0 fully saturated rings. The minimum absolute atomic E-state index is 0.0556. The van der Waals surface area contributed by atoms with Gasteiger partial charge in [0.2, 0.25) is 0 Å². The quantitative estimate of drug-likeness (QED) is 0.871. The van der Waals surface area contributed by atoms with Crippen LogP contribution in [-0.4, -0.2) is 33.7 Å². The predicted octanol–water partition coefficient (Wildman–Crippen LogP) is 1.99. The first-order valence-electron chi connectivity index (χ1n) is 6.46. The molecule has 0 bridgehead atoms. The average Bonchev–Trinajstić information content (AvgIpc) is 2.67. The molecule has 1 aromatic heterocycles. The molecule has 0 aromatic carbocycles. The van der Waals surface area contributed by atoms with Gasteiger partial charge in [0.1, 0.15) is 5.69 Å². The maximum absolute atomic E-state index is 12.4. The molecule has 5 nitrogen and oxygen atoms in total. The fraction of sp³-hybridized carbons (Fsp3) is 0.692. The van der Waals surface area contributed by atoms with E-state index in [1.165, 1.54) is 6.20 Å². The molecule has 0 saturated heterocycles. The maximum Gasteiger partial charge on any atom is 0.274 e. The molecule has 18 heavy (non-hydrogen) atoms. The van der Waals surface area contributed by atoms with Crippen LogP contribution in [0.25, 0.3) is 0 Å². The lowest BCUT2D eigenvalue weighted by Gasteiger charge is -2.26. The van der Waals surface area contributed by atoms with E-state index in [2.05, 4.69) is 25.9 Å². The van der Waals surface area contributed by atoms with Crippen LogP contribution in [0.3, 0.4) is 0 Å². The Balaban J connectivity index is 2.89. The van der Waals surface area contributed by atoms with Gasteiger partial charge in [-0.3, -0.25) is 9.48 Å². The zero-order valence-electron chi connectivity index (χ0n) is 12.0. The summed E-state index contributed by atoms with van der Waals surface area (Å²) in [5.41, 5.74) is 6.77. The number of nitrogens with two attached hydrogens (primary N) is 1. The molecule has 5 heteroatoms. The molecular weight excluding hydrogens is 228 g/mol. The summed E-state index contributed by atoms with van der Waals surface area (Å²) in [5.74, 6) is 0.503. The Hall–Kier alpha value is -1.52. The SMILES string of the molecule is CCn1ncc(N)c1C(=O)N(C)C(C)CC(C)C. The van der Waals surface area contributed by atoms with Crippen LogP contribution in [0.4, 0.5) is 5.69 Å². The van der Waals surface area contributed by atoms with Gasteiger partial charge in [-0.15, -0.1) is 0 Å². The third kappa shape index (κ3) is 3.03. The van der Waals surface area contributed by atoms with E-state index in [1.54, 1.807) is 9.58 Å². The minimum atomic E-state index is -0.0556. The number of hydrogen-bond acceptors (Lipinski definition) is 3. The third-order valence-corrected chi connectivity index (χ3v) is 3.16. The number of aromatic nitrogens is 2. The molecule has 1 rings (SSSR count). The lowest BCUT2D eigenvalue weighted by Crippen LogP contribution is -2.37. The van der Waals surface area contributed by atoms with Crippen LogP contribution >= 0.6 is 0 Å². The summed E-state index contributed by atoms with van der Waals surface area (Å²) < 4.78 is 1.65. The molecule has 1 atom stereocenters. The van der Waals surface area contributed by atoms with Gasteiger partial charge in [0.05, 0.1) is 11.9 Å². The highest BCUT2D eigenvalue weighted by atomic mass is 16.2. The molecular formula is C13H24N4O. The van der Waals surface area contributed by atoms with Crippen molar-refractivity contribution in [1.29, 1.82) is 0 Å². The van der Waals surface area contributed by atoms with Crippen LogP contribution in [-0.2, 0) is 6.54 Å². The zero-order chi connectivity index (χ0) is 13.9. The van der Waals surface area contributed by atoms with Crippen LogP contribution in [0.5, 0.6) is 0 Å². The Labute approximate surface area is 109 Å². The second-order valence-corrected chi connectivity index (χ2v) is 5.16. The monoisotopic (exact) mass is 252 g/mol. The zero-order valence-corrected chi connectivity index (χ0v) is 12.0. The van der Waals surface area contributed by atoms with Crippen molar-refractivity contribution in [3.8, 4) is 0 Å². The molecule has 1 aromatic rings. The number of aryl methyl sites for hydroxylation is 1. The van der Waals surface area contributed by atoms with Gasteiger partial charge in [-0.2, -0.15) is 5.10 Å². The topological polar surface area (TPSA) is 64.2 Å². The number of hydrogen-bond donors (Lipinski definition) is 1. The van der Waals surface area contributed by atoms with Crippen LogP contribution in [0.2, 0.25) is 0 Å². The summed E-state index contributed by atoms with van der Waals surface area (Å²) >= 11 is 0. The predicted molar refractivity (Wildman–Crippen MR) is 73.3 cm³/mol. The molecule has 0 aliphatic carbocycles. The fourth-order valence-electron chi connectivity index (χ4n) is 2.08. The Morgan fingerprint density at radius 1 is 1.50 bits per heavy atom. The van der Waals surface area contributed by atoms with E-state index in [9.17, 15) is 4.79 Å². The lowest BCUT2D eigenvalue weighted by atomic mass is 10.0. The Bertz CT molecular complexity index is 411. The van der Waals surface area contributed by atoms with Gasteiger partial charge in [0.25, 0.3) is 5.91 Å². The van der Waals surface area contributed by atoms with Gasteiger partial charge in [-0.1, -0.05) is 13.8 Å². The molecule has 0 radical (unpaired) electrons. The summed E-state index contributed by atoms with van der Waals surface area (Å²) in [4.78, 5) is 14.2. The van der Waals surface area contributed by atoms with Crippen molar-refractivity contribution in [1.82, 2.24) is 14.7 Å². The standard InChI is InChI=1S/C13H24N4O/c1-6-17-12(11(14)8-15-17)13(18)16(5)10(4)7-9(2)3/h8-10H,6-7,14H2,1-5H3. The minimum Gasteiger partial charge on any atom is -0.396 e. The first kappa shape index (κ1) is 14.5. The maximum atomic E-state index is 12.4. The van der Waals surface area contributed by atoms with Crippen molar-refractivity contribution in [2.24, 2.45) is 5.92 Å². The van der Waals surface area contributed by atoms with Gasteiger partial charge in [0, 0.05) is 19.6 Å². The number of carbonyl (C=O) groups excluding carboxylic acids is 1. The van der Waals surface area contributed by atoms with Crippen molar-refractivity contribution in [2.45, 2.75) is 46.7 Å². The second kappa shape index (κ2) is 5.89. The average molecular weight is 252 g/mol. The number of amides is 1. The van der Waals surface area contributed by atoms with E-state index in [0.717, 1.165) is 6.42 Å². The summed E-state index contributed by atoms with van der Waals surface area (Å²) in [6.45, 7) is 8.95. The molecule has 2 N–H and O–H groups in total. The summed E-state index contributed by atoms with van der Waals surface area (Å²) in [6, 6.07) is 0.192. The normalized spacial score (nSPS) is 12.8. The van der Waals surface area contributed by atoms with Gasteiger partial charge < -0.3 is 10.6 Å². The third-order valence-electron chi connectivity index (χ3n) is 3.16. The first-order valence-corrected chi connectivity index (χ1v) is 6.46. The van der Waals surface area contributed by atoms with Gasteiger partial charge in [-0.05, 0) is 26.2 Å². The van der Waals surface area contributed by atoms with Crippen LogP contribution in [0, 0.1) is 5.92 Å². The van der Waals surface area contributed by atoms with Crippen LogP contribution in [0.1, 0.15) is 44.6 Å². The molecule has 0 aliphatic heterocycles. The Kier molecular flexibility index (Phi) is 4.76. The van der Waals surface area contributed by atoms with Crippen LogP contribution < -0.4 is 5.73 Å². The molecule has 0 saturated carbocycles. The molecule has 102 valence electrons. The van der Waals surface area contributed by atoms with Crippen molar-refractivity contribution in [3.05, 3.63) is 11.9 Å². The van der Waals surface area contributed by atoms with Crippen molar-refractivity contribution < 1.29 is 4.79 Å². The fourth-order valence-corrected chi connectivity index (χ4v) is 2.08. The highest BCUT2D eigenvalue weighted by Gasteiger charge is 2.23. The van der Waals surface area contributed by atoms with E-state index in [1.807, 2.05) is 14.0 Å². The summed E-state index contributed by atoms with van der Waals surface area (Å²) in [7, 11) is 1.82.